The Morgan fingerprint density at radius 3 is 2.28 bits per heavy atom. The summed E-state index contributed by atoms with van der Waals surface area (Å²) in [5.41, 5.74) is 2.96. The van der Waals surface area contributed by atoms with E-state index in [9.17, 15) is 9.90 Å². The van der Waals surface area contributed by atoms with E-state index in [-0.39, 0.29) is 29.5 Å². The second-order valence-electron chi connectivity index (χ2n) is 11.3. The van der Waals surface area contributed by atoms with Gasteiger partial charge in [0.1, 0.15) is 17.6 Å². The third kappa shape index (κ3) is 7.63. The molecule has 0 radical (unpaired) electrons. The summed E-state index contributed by atoms with van der Waals surface area (Å²) in [6.45, 7) is 16.7. The SMILES string of the molecule is C=C(C)C(=O)OC1CC2CCC1(C)C2(C)C.CCOC(C)Oc1cccc(C=CC=Cc2cccc(O)c2)c1. The number of aromatic hydroxyl groups is 1. The normalized spacial score (nSPS) is 23.8. The van der Waals surface area contributed by atoms with Crippen LogP contribution in [0.25, 0.3) is 12.2 Å². The highest BCUT2D eigenvalue weighted by Gasteiger charge is 2.62. The Hall–Kier alpha value is -3.31. The number of ether oxygens (including phenoxy) is 3. The molecule has 2 saturated carbocycles. The fourth-order valence-corrected chi connectivity index (χ4v) is 5.65. The Balaban J connectivity index is 0.000000230. The Bertz CT molecular complexity index is 1190. The fourth-order valence-electron chi connectivity index (χ4n) is 5.65. The first-order chi connectivity index (χ1) is 18.5. The van der Waals surface area contributed by atoms with Gasteiger partial charge < -0.3 is 19.3 Å². The zero-order valence-corrected chi connectivity index (χ0v) is 24.3. The van der Waals surface area contributed by atoms with Crippen molar-refractivity contribution in [3.8, 4) is 11.5 Å². The van der Waals surface area contributed by atoms with E-state index in [0.29, 0.717) is 23.5 Å². The van der Waals surface area contributed by atoms with Crippen molar-refractivity contribution in [1.82, 2.24) is 0 Å². The molecule has 1 N–H and O–H groups in total. The number of benzene rings is 2. The first-order valence-electron chi connectivity index (χ1n) is 13.8. The molecule has 0 aliphatic heterocycles. The van der Waals surface area contributed by atoms with Gasteiger partial charge in [0.25, 0.3) is 0 Å². The van der Waals surface area contributed by atoms with Crippen LogP contribution in [0.3, 0.4) is 0 Å². The van der Waals surface area contributed by atoms with E-state index in [1.54, 1.807) is 19.1 Å². The minimum atomic E-state index is -0.259. The number of phenolic OH excluding ortho intramolecular Hbond substituents is 1. The highest BCUT2D eigenvalue weighted by Crippen LogP contribution is 2.66. The molecule has 2 aromatic carbocycles. The van der Waals surface area contributed by atoms with E-state index in [4.69, 9.17) is 14.2 Å². The summed E-state index contributed by atoms with van der Waals surface area (Å²) in [5, 5.41) is 9.41. The number of esters is 1. The lowest BCUT2D eigenvalue weighted by Crippen LogP contribution is -2.38. The van der Waals surface area contributed by atoms with Crippen LogP contribution in [-0.4, -0.2) is 30.1 Å². The predicted octanol–water partition coefficient (Wildman–Crippen LogP) is 8.20. The smallest absolute Gasteiger partial charge is 0.333 e. The van der Waals surface area contributed by atoms with E-state index in [1.165, 1.54) is 12.8 Å². The van der Waals surface area contributed by atoms with E-state index < -0.39 is 0 Å². The molecule has 4 rings (SSSR count). The maximum Gasteiger partial charge on any atom is 0.333 e. The van der Waals surface area contributed by atoms with Crippen molar-refractivity contribution < 1.29 is 24.1 Å². The van der Waals surface area contributed by atoms with Gasteiger partial charge in [-0.15, -0.1) is 0 Å². The molecule has 4 atom stereocenters. The van der Waals surface area contributed by atoms with Crippen molar-refractivity contribution >= 4 is 18.1 Å². The fraction of sp³-hybridized carbons (Fsp3) is 0.441. The molecule has 5 heteroatoms. The molecular formula is C34H44O5. The number of rotatable bonds is 9. The van der Waals surface area contributed by atoms with Crippen molar-refractivity contribution in [2.45, 2.75) is 73.2 Å². The van der Waals surface area contributed by atoms with Crippen molar-refractivity contribution in [1.29, 1.82) is 0 Å². The average Bonchev–Trinajstić information content (AvgIpc) is 3.21. The van der Waals surface area contributed by atoms with Crippen LogP contribution in [0.5, 0.6) is 11.5 Å². The summed E-state index contributed by atoms with van der Waals surface area (Å²) < 4.78 is 16.7. The second kappa shape index (κ2) is 13.2. The average molecular weight is 533 g/mol. The van der Waals surface area contributed by atoms with E-state index in [1.807, 2.05) is 74.5 Å². The van der Waals surface area contributed by atoms with Gasteiger partial charge in [0, 0.05) is 17.6 Å². The van der Waals surface area contributed by atoms with Crippen LogP contribution in [0.2, 0.25) is 0 Å². The highest BCUT2D eigenvalue weighted by molar-refractivity contribution is 5.87. The summed E-state index contributed by atoms with van der Waals surface area (Å²) in [5.74, 6) is 1.53. The van der Waals surface area contributed by atoms with Gasteiger partial charge in [-0.2, -0.15) is 0 Å². The van der Waals surface area contributed by atoms with E-state index in [0.717, 1.165) is 23.3 Å². The third-order valence-electron chi connectivity index (χ3n) is 8.43. The van der Waals surface area contributed by atoms with Gasteiger partial charge in [0.05, 0.1) is 0 Å². The van der Waals surface area contributed by atoms with E-state index >= 15 is 0 Å². The minimum absolute atomic E-state index is 0.0884. The number of carbonyl (C=O) groups is 1. The zero-order chi connectivity index (χ0) is 28.6. The van der Waals surface area contributed by atoms with Crippen molar-refractivity contribution in [3.05, 3.63) is 84.0 Å². The van der Waals surface area contributed by atoms with Gasteiger partial charge in [-0.3, -0.25) is 0 Å². The monoisotopic (exact) mass is 532 g/mol. The highest BCUT2D eigenvalue weighted by atomic mass is 16.7. The predicted molar refractivity (Wildman–Crippen MR) is 158 cm³/mol. The van der Waals surface area contributed by atoms with Crippen LogP contribution < -0.4 is 4.74 Å². The second-order valence-corrected chi connectivity index (χ2v) is 11.3. The van der Waals surface area contributed by atoms with Crippen LogP contribution in [0.15, 0.2) is 72.8 Å². The maximum absolute atomic E-state index is 11.6. The molecule has 0 aromatic heterocycles. The molecule has 0 amide bonds. The molecule has 0 spiro atoms. The standard InChI is InChI=1S/C20H22O3.C14H22O2/c1-3-22-16(2)23-20-13-7-11-18(15-20)9-5-4-8-17-10-6-12-19(21)14-17;1-9(2)12(15)16-11-8-10-6-7-14(11,5)13(10,3)4/h4-16,21H,3H2,1-2H3;10-11H,1,6-8H2,2-5H3. The number of fused-ring (bicyclic) bond motifs is 2. The lowest BCUT2D eigenvalue weighted by Gasteiger charge is -2.38. The molecule has 0 heterocycles. The Morgan fingerprint density at radius 2 is 1.74 bits per heavy atom. The lowest BCUT2D eigenvalue weighted by molar-refractivity contribution is -0.151. The molecule has 2 fully saturated rings. The van der Waals surface area contributed by atoms with Gasteiger partial charge in [-0.1, -0.05) is 75.9 Å². The van der Waals surface area contributed by atoms with Gasteiger partial charge in [0.2, 0.25) is 0 Å². The molecule has 2 aromatic rings. The van der Waals surface area contributed by atoms with Crippen molar-refractivity contribution in [2.75, 3.05) is 6.61 Å². The topological polar surface area (TPSA) is 65.0 Å². The number of allylic oxidation sites excluding steroid dienone is 2. The molecule has 39 heavy (non-hydrogen) atoms. The molecule has 2 bridgehead atoms. The van der Waals surface area contributed by atoms with Crippen LogP contribution in [0.4, 0.5) is 0 Å². The third-order valence-corrected chi connectivity index (χ3v) is 8.43. The summed E-state index contributed by atoms with van der Waals surface area (Å²) in [6, 6.07) is 15.0. The Kier molecular flexibility index (Phi) is 10.2. The van der Waals surface area contributed by atoms with Crippen molar-refractivity contribution in [3.63, 3.8) is 0 Å². The number of hydrogen-bond acceptors (Lipinski definition) is 5. The summed E-state index contributed by atoms with van der Waals surface area (Å²) >= 11 is 0. The maximum atomic E-state index is 11.6. The molecule has 2 aliphatic carbocycles. The number of carbonyl (C=O) groups excluding carboxylic acids is 1. The molecular weight excluding hydrogens is 488 g/mol. The molecule has 5 nitrogen and oxygen atoms in total. The lowest BCUT2D eigenvalue weighted by atomic mass is 9.70. The molecule has 2 aliphatic rings. The quantitative estimate of drug-likeness (QED) is 0.153. The van der Waals surface area contributed by atoms with Gasteiger partial charge in [-0.25, -0.2) is 4.79 Å². The van der Waals surface area contributed by atoms with Gasteiger partial charge in [0.15, 0.2) is 6.29 Å². The van der Waals surface area contributed by atoms with Crippen molar-refractivity contribution in [2.24, 2.45) is 16.7 Å². The summed E-state index contributed by atoms with van der Waals surface area (Å²) in [7, 11) is 0. The van der Waals surface area contributed by atoms with Crippen LogP contribution >= 0.6 is 0 Å². The first kappa shape index (κ1) is 30.2. The first-order valence-corrected chi connectivity index (χ1v) is 13.8. The number of hydrogen-bond donors (Lipinski definition) is 1. The minimum Gasteiger partial charge on any atom is -0.508 e. The van der Waals surface area contributed by atoms with Crippen LogP contribution in [0, 0.1) is 16.7 Å². The van der Waals surface area contributed by atoms with Crippen LogP contribution in [-0.2, 0) is 14.3 Å². The van der Waals surface area contributed by atoms with Gasteiger partial charge in [-0.05, 0) is 86.8 Å². The zero-order valence-electron chi connectivity index (χ0n) is 24.3. The Labute approximate surface area is 234 Å². The van der Waals surface area contributed by atoms with E-state index in [2.05, 4.69) is 27.4 Å². The number of phenols is 1. The summed E-state index contributed by atoms with van der Waals surface area (Å²) in [6.07, 6.45) is 11.1. The largest absolute Gasteiger partial charge is 0.508 e. The molecule has 210 valence electrons. The van der Waals surface area contributed by atoms with Crippen LogP contribution in [0.1, 0.15) is 71.9 Å². The molecule has 0 saturated heterocycles. The molecule has 4 unspecified atom stereocenters. The van der Waals surface area contributed by atoms with Gasteiger partial charge >= 0.3 is 5.97 Å². The summed E-state index contributed by atoms with van der Waals surface area (Å²) in [4.78, 5) is 11.6. The Morgan fingerprint density at radius 1 is 1.10 bits per heavy atom.